The van der Waals surface area contributed by atoms with E-state index >= 15 is 0 Å². The van der Waals surface area contributed by atoms with Gasteiger partial charge >= 0.3 is 0 Å². The zero-order valence-corrected chi connectivity index (χ0v) is 19.8. The average Bonchev–Trinajstić information content (AvgIpc) is 3.57. The molecule has 0 spiro atoms. The highest BCUT2D eigenvalue weighted by Crippen LogP contribution is 2.39. The summed E-state index contributed by atoms with van der Waals surface area (Å²) in [5.74, 6) is 0.563. The van der Waals surface area contributed by atoms with E-state index in [4.69, 9.17) is 0 Å². The van der Waals surface area contributed by atoms with Crippen LogP contribution >= 0.6 is 0 Å². The number of hydrogen-bond acceptors (Lipinski definition) is 4. The summed E-state index contributed by atoms with van der Waals surface area (Å²) in [6.45, 7) is 2.60. The van der Waals surface area contributed by atoms with Crippen molar-refractivity contribution in [3.63, 3.8) is 0 Å². The fourth-order valence-electron chi connectivity index (χ4n) is 3.68. The molecule has 1 atom stereocenters. The van der Waals surface area contributed by atoms with Crippen LogP contribution < -0.4 is 10.6 Å². The van der Waals surface area contributed by atoms with E-state index in [1.165, 1.54) is 12.8 Å². The van der Waals surface area contributed by atoms with Crippen LogP contribution in [-0.4, -0.2) is 47.6 Å². The lowest BCUT2D eigenvalue weighted by Crippen LogP contribution is -2.19. The maximum absolute atomic E-state index is 12.8. The van der Waals surface area contributed by atoms with E-state index in [0.717, 1.165) is 28.1 Å². The van der Waals surface area contributed by atoms with Gasteiger partial charge in [0.15, 0.2) is 5.82 Å². The van der Waals surface area contributed by atoms with E-state index in [1.54, 1.807) is 6.08 Å². The molecule has 7 heteroatoms. The predicted octanol–water partition coefficient (Wildman–Crippen LogP) is 4.75. The molecule has 7 nitrogen and oxygen atoms in total. The lowest BCUT2D eigenvalue weighted by atomic mass is 9.95. The van der Waals surface area contributed by atoms with Crippen molar-refractivity contribution in [3.8, 4) is 11.1 Å². The number of aromatic amines is 1. The van der Waals surface area contributed by atoms with Crippen molar-refractivity contribution in [3.05, 3.63) is 78.0 Å². The van der Waals surface area contributed by atoms with E-state index in [0.29, 0.717) is 18.3 Å². The minimum Gasteiger partial charge on any atom is -0.323 e. The summed E-state index contributed by atoms with van der Waals surface area (Å²) in [6, 6.07) is 17.6. The number of anilines is 2. The van der Waals surface area contributed by atoms with Crippen LogP contribution in [0.4, 0.5) is 11.5 Å². The smallest absolute Gasteiger partial charge is 0.248 e. The Hall–Kier alpha value is -3.71. The maximum Gasteiger partial charge on any atom is 0.248 e. The minimum absolute atomic E-state index is 0.0913. The molecule has 0 bridgehead atoms. The number of H-pyrrole nitrogens is 1. The Balaban J connectivity index is 1.38. The summed E-state index contributed by atoms with van der Waals surface area (Å²) in [4.78, 5) is 26.8. The third-order valence-electron chi connectivity index (χ3n) is 5.87. The third kappa shape index (κ3) is 6.20. The molecule has 1 saturated carbocycles. The van der Waals surface area contributed by atoms with Crippen molar-refractivity contribution in [2.24, 2.45) is 0 Å². The van der Waals surface area contributed by atoms with Crippen molar-refractivity contribution in [2.75, 3.05) is 31.3 Å². The number of amides is 2. The first-order chi connectivity index (χ1) is 16.4. The number of carbonyl (C=O) groups is 2. The van der Waals surface area contributed by atoms with Gasteiger partial charge in [-0.2, -0.15) is 5.10 Å². The summed E-state index contributed by atoms with van der Waals surface area (Å²) in [7, 11) is 3.90. The number of nitrogens with zero attached hydrogens (tertiary/aromatic N) is 2. The van der Waals surface area contributed by atoms with Gasteiger partial charge < -0.3 is 15.5 Å². The Morgan fingerprint density at radius 1 is 1.09 bits per heavy atom. The number of carbonyl (C=O) groups excluding carboxylic acids is 2. The molecule has 176 valence electrons. The number of rotatable bonds is 9. The van der Waals surface area contributed by atoms with Gasteiger partial charge in [-0.05, 0) is 62.7 Å². The van der Waals surface area contributed by atoms with Gasteiger partial charge in [-0.25, -0.2) is 0 Å². The fourth-order valence-corrected chi connectivity index (χ4v) is 3.68. The Labute approximate surface area is 200 Å². The molecule has 1 aliphatic rings. The van der Waals surface area contributed by atoms with E-state index in [1.807, 2.05) is 86.6 Å². The molecule has 2 aromatic carbocycles. The fraction of sp³-hybridized carbons (Fsp3) is 0.296. The van der Waals surface area contributed by atoms with Crippen LogP contribution in [0.1, 0.15) is 42.9 Å². The second-order valence-electron chi connectivity index (χ2n) is 9.05. The first kappa shape index (κ1) is 23.4. The van der Waals surface area contributed by atoms with Gasteiger partial charge in [0.05, 0.1) is 5.92 Å². The van der Waals surface area contributed by atoms with Crippen LogP contribution in [0.2, 0.25) is 0 Å². The molecule has 1 fully saturated rings. The Kier molecular flexibility index (Phi) is 7.23. The normalized spacial score (nSPS) is 14.4. The topological polar surface area (TPSA) is 90.1 Å². The number of likely N-dealkylation sites (N-methyl/N-ethyl adjacent to an activating group) is 1. The maximum atomic E-state index is 12.8. The monoisotopic (exact) mass is 457 g/mol. The van der Waals surface area contributed by atoms with Gasteiger partial charge in [-0.1, -0.05) is 42.5 Å². The largest absolute Gasteiger partial charge is 0.323 e. The predicted molar refractivity (Wildman–Crippen MR) is 136 cm³/mol. The van der Waals surface area contributed by atoms with Gasteiger partial charge in [0.1, 0.15) is 0 Å². The molecule has 2 amide bonds. The van der Waals surface area contributed by atoms with E-state index < -0.39 is 0 Å². The van der Waals surface area contributed by atoms with Gasteiger partial charge in [0.25, 0.3) is 0 Å². The number of benzene rings is 2. The van der Waals surface area contributed by atoms with Crippen molar-refractivity contribution < 1.29 is 9.59 Å². The molecule has 1 aliphatic carbocycles. The highest BCUT2D eigenvalue weighted by molar-refractivity contribution is 5.99. The van der Waals surface area contributed by atoms with Crippen molar-refractivity contribution in [2.45, 2.75) is 31.6 Å². The lowest BCUT2D eigenvalue weighted by molar-refractivity contribution is -0.117. The van der Waals surface area contributed by atoms with Gasteiger partial charge in [-0.3, -0.25) is 14.7 Å². The van der Waals surface area contributed by atoms with Crippen LogP contribution in [-0.2, 0) is 9.59 Å². The molecule has 0 radical (unpaired) electrons. The van der Waals surface area contributed by atoms with Crippen LogP contribution in [0.5, 0.6) is 0 Å². The number of nitrogens with one attached hydrogen (secondary N) is 3. The zero-order chi connectivity index (χ0) is 24.1. The first-order valence-corrected chi connectivity index (χ1v) is 11.6. The van der Waals surface area contributed by atoms with Gasteiger partial charge in [0.2, 0.25) is 11.8 Å². The average molecular weight is 458 g/mol. The lowest BCUT2D eigenvalue weighted by Gasteiger charge is -2.13. The number of hydrogen-bond donors (Lipinski definition) is 3. The molecule has 1 heterocycles. The highest BCUT2D eigenvalue weighted by Gasteiger charge is 2.26. The van der Waals surface area contributed by atoms with Crippen LogP contribution in [0.25, 0.3) is 11.1 Å². The quantitative estimate of drug-likeness (QED) is 0.405. The SMILES string of the molecule is C[C@H](C(=O)Nc1cc(C2CC2)[nH]n1)c1cccc(-c2ccc(NC(=O)/C=C/CN(C)C)cc2)c1. The minimum atomic E-state index is -0.325. The van der Waals surface area contributed by atoms with Gasteiger partial charge in [-0.15, -0.1) is 0 Å². The summed E-state index contributed by atoms with van der Waals surface area (Å²) in [5, 5.41) is 13.0. The summed E-state index contributed by atoms with van der Waals surface area (Å²) in [6.07, 6.45) is 5.73. The van der Waals surface area contributed by atoms with Crippen LogP contribution in [0, 0.1) is 0 Å². The summed E-state index contributed by atoms with van der Waals surface area (Å²) < 4.78 is 0. The molecule has 0 saturated heterocycles. The zero-order valence-electron chi connectivity index (χ0n) is 19.8. The van der Waals surface area contributed by atoms with Crippen LogP contribution in [0.3, 0.4) is 0 Å². The highest BCUT2D eigenvalue weighted by atomic mass is 16.2. The van der Waals surface area contributed by atoms with Crippen molar-refractivity contribution in [1.29, 1.82) is 0 Å². The molecule has 4 rings (SSSR count). The first-order valence-electron chi connectivity index (χ1n) is 11.6. The van der Waals surface area contributed by atoms with Crippen molar-refractivity contribution in [1.82, 2.24) is 15.1 Å². The third-order valence-corrected chi connectivity index (χ3v) is 5.87. The standard InChI is InChI=1S/C27H31N5O2/c1-18(27(34)29-25-17-24(30-31-25)20-9-10-20)21-6-4-7-22(16-21)19-11-13-23(14-12-19)28-26(33)8-5-15-32(2)3/h4-8,11-14,16-18,20H,9-10,15H2,1-3H3,(H,28,33)(H2,29,30,31,34)/b8-5+/t18-/m0/s1. The Morgan fingerprint density at radius 3 is 2.56 bits per heavy atom. The molecule has 3 aromatic rings. The molecule has 34 heavy (non-hydrogen) atoms. The molecular formula is C27H31N5O2. The molecule has 0 aliphatic heterocycles. The number of aromatic nitrogens is 2. The molecule has 3 N–H and O–H groups in total. The summed E-state index contributed by atoms with van der Waals surface area (Å²) in [5.41, 5.74) is 4.77. The Bertz CT molecular complexity index is 1180. The van der Waals surface area contributed by atoms with Crippen LogP contribution in [0.15, 0.2) is 66.7 Å². The van der Waals surface area contributed by atoms with Gasteiger partial charge in [0, 0.05) is 36.0 Å². The van der Waals surface area contributed by atoms with Crippen molar-refractivity contribution >= 4 is 23.3 Å². The van der Waals surface area contributed by atoms with E-state index in [-0.39, 0.29) is 17.7 Å². The molecule has 1 aromatic heterocycles. The summed E-state index contributed by atoms with van der Waals surface area (Å²) >= 11 is 0. The second kappa shape index (κ2) is 10.5. The Morgan fingerprint density at radius 2 is 1.85 bits per heavy atom. The molecule has 0 unspecified atom stereocenters. The molecular weight excluding hydrogens is 426 g/mol. The van der Waals surface area contributed by atoms with E-state index in [2.05, 4.69) is 20.8 Å². The second-order valence-corrected chi connectivity index (χ2v) is 9.05. The van der Waals surface area contributed by atoms with E-state index in [9.17, 15) is 9.59 Å².